The van der Waals surface area contributed by atoms with Crippen molar-refractivity contribution in [3.8, 4) is 0 Å². The average molecular weight is 852 g/mol. The third kappa shape index (κ3) is 6.06. The number of fused-ring (bicyclic) bond motifs is 7. The van der Waals surface area contributed by atoms with Crippen LogP contribution in [0.15, 0.2) is 247 Å². The van der Waals surface area contributed by atoms with E-state index in [0.29, 0.717) is 0 Å². The molecular weight excluding hydrogens is 795 g/mol. The number of hydrogen-bond acceptors (Lipinski definition) is 1. The summed E-state index contributed by atoms with van der Waals surface area (Å²) in [6, 6.07) is 60.4. The van der Waals surface area contributed by atoms with Crippen LogP contribution < -0.4 is 4.90 Å². The summed E-state index contributed by atoms with van der Waals surface area (Å²) in [7, 11) is 0. The molecule has 2 bridgehead atoms. The summed E-state index contributed by atoms with van der Waals surface area (Å²) in [5.41, 5.74) is 22.9. The van der Waals surface area contributed by atoms with E-state index in [4.69, 9.17) is 0 Å². The maximum atomic E-state index is 4.56. The van der Waals surface area contributed by atoms with Gasteiger partial charge in [0.15, 0.2) is 0 Å². The monoisotopic (exact) mass is 851 g/mol. The molecule has 1 aliphatic heterocycles. The lowest BCUT2D eigenvalue weighted by atomic mass is 9.56. The lowest BCUT2D eigenvalue weighted by molar-refractivity contribution is 0.500. The van der Waals surface area contributed by atoms with Crippen LogP contribution in [0.5, 0.6) is 0 Å². The van der Waals surface area contributed by atoms with Crippen molar-refractivity contribution in [2.24, 2.45) is 5.92 Å². The molecule has 11 rings (SSSR count). The largest absolute Gasteiger partial charge is 0.314 e. The SMILES string of the molecule is C=C/C=C\C(=C/C)c1ccc(N2C3=C(C4=C(CC3)c3ccccc3C4(c3ccccc3)c3ccccc3)[C@@H]3CCCC=C3C3(c4ccccc4)C(/C=C\CC)=C(C=C)c4ccc2cc43)cc1. The Morgan fingerprint density at radius 2 is 1.35 bits per heavy atom. The molecule has 0 spiro atoms. The number of nitrogens with zero attached hydrogens (tertiary/aromatic N) is 1. The van der Waals surface area contributed by atoms with Crippen molar-refractivity contribution in [2.75, 3.05) is 4.90 Å². The van der Waals surface area contributed by atoms with Gasteiger partial charge in [-0.15, -0.1) is 0 Å². The van der Waals surface area contributed by atoms with E-state index in [2.05, 4.69) is 226 Å². The smallest absolute Gasteiger partial charge is 0.0713 e. The molecule has 1 heteroatoms. The summed E-state index contributed by atoms with van der Waals surface area (Å²) >= 11 is 0. The van der Waals surface area contributed by atoms with Gasteiger partial charge in [-0.25, -0.2) is 0 Å². The minimum absolute atomic E-state index is 0.108. The predicted octanol–water partition coefficient (Wildman–Crippen LogP) is 16.8. The van der Waals surface area contributed by atoms with Crippen molar-refractivity contribution < 1.29 is 0 Å². The van der Waals surface area contributed by atoms with Gasteiger partial charge in [0.25, 0.3) is 0 Å². The molecule has 1 heterocycles. The molecule has 6 aromatic rings. The molecule has 1 unspecified atom stereocenters. The van der Waals surface area contributed by atoms with E-state index in [1.54, 1.807) is 0 Å². The first kappa shape index (κ1) is 41.5. The first-order valence-corrected chi connectivity index (χ1v) is 24.1. The molecule has 0 saturated heterocycles. The van der Waals surface area contributed by atoms with Crippen LogP contribution >= 0.6 is 0 Å². The normalized spacial score (nSPS) is 20.6. The van der Waals surface area contributed by atoms with Gasteiger partial charge >= 0.3 is 0 Å². The van der Waals surface area contributed by atoms with Gasteiger partial charge in [-0.3, -0.25) is 0 Å². The summed E-state index contributed by atoms with van der Waals surface area (Å²) in [4.78, 5) is 2.67. The number of rotatable bonds is 10. The number of hydrogen-bond donors (Lipinski definition) is 0. The minimum Gasteiger partial charge on any atom is -0.314 e. The molecule has 0 saturated carbocycles. The summed E-state index contributed by atoms with van der Waals surface area (Å²) in [5, 5.41) is 0. The Labute approximate surface area is 392 Å². The van der Waals surface area contributed by atoms with Gasteiger partial charge in [0, 0.05) is 23.0 Å². The first-order valence-electron chi connectivity index (χ1n) is 24.1. The molecule has 0 fully saturated rings. The molecule has 4 aliphatic carbocycles. The van der Waals surface area contributed by atoms with Crippen LogP contribution in [0.4, 0.5) is 11.4 Å². The van der Waals surface area contributed by atoms with Crippen LogP contribution in [0.1, 0.15) is 96.9 Å². The number of anilines is 2. The van der Waals surface area contributed by atoms with Gasteiger partial charge in [0.05, 0.1) is 10.8 Å². The highest BCUT2D eigenvalue weighted by Crippen LogP contribution is 2.67. The Morgan fingerprint density at radius 1 is 0.697 bits per heavy atom. The van der Waals surface area contributed by atoms with E-state index in [1.165, 1.54) is 101 Å². The predicted molar refractivity (Wildman–Crippen MR) is 280 cm³/mol. The quantitative estimate of drug-likeness (QED) is 0.0980. The molecule has 2 atom stereocenters. The van der Waals surface area contributed by atoms with Gasteiger partial charge in [-0.1, -0.05) is 202 Å². The van der Waals surface area contributed by atoms with E-state index >= 15 is 0 Å². The van der Waals surface area contributed by atoms with Crippen molar-refractivity contribution in [3.05, 3.63) is 292 Å². The maximum Gasteiger partial charge on any atom is 0.0713 e. The van der Waals surface area contributed by atoms with Crippen LogP contribution in [0, 0.1) is 5.92 Å². The third-order valence-corrected chi connectivity index (χ3v) is 15.2. The number of benzene rings is 6. The summed E-state index contributed by atoms with van der Waals surface area (Å²) in [6.45, 7) is 12.9. The average Bonchev–Trinajstić information content (AvgIpc) is 3.85. The molecule has 0 aromatic heterocycles. The van der Waals surface area contributed by atoms with Gasteiger partial charge < -0.3 is 4.90 Å². The Hall–Kier alpha value is -7.22. The molecular formula is C65H57N. The van der Waals surface area contributed by atoms with Gasteiger partial charge in [-0.2, -0.15) is 0 Å². The third-order valence-electron chi connectivity index (χ3n) is 15.2. The van der Waals surface area contributed by atoms with Crippen LogP contribution in [0.3, 0.4) is 0 Å². The van der Waals surface area contributed by atoms with Gasteiger partial charge in [0.2, 0.25) is 0 Å². The van der Waals surface area contributed by atoms with Crippen molar-refractivity contribution in [1.82, 2.24) is 0 Å². The van der Waals surface area contributed by atoms with Gasteiger partial charge in [0.1, 0.15) is 0 Å². The van der Waals surface area contributed by atoms with E-state index in [1.807, 2.05) is 12.2 Å². The van der Waals surface area contributed by atoms with Crippen molar-refractivity contribution in [2.45, 2.75) is 63.2 Å². The highest BCUT2D eigenvalue weighted by molar-refractivity contribution is 5.96. The fraction of sp³-hybridized carbons (Fsp3) is 0.169. The van der Waals surface area contributed by atoms with Crippen LogP contribution in [0.25, 0.3) is 16.7 Å². The van der Waals surface area contributed by atoms with Gasteiger partial charge in [-0.05, 0) is 153 Å². The molecule has 5 aliphatic rings. The van der Waals surface area contributed by atoms with Crippen LogP contribution in [-0.4, -0.2) is 0 Å². The molecule has 0 amide bonds. The lowest BCUT2D eigenvalue weighted by Crippen LogP contribution is -2.39. The lowest BCUT2D eigenvalue weighted by Gasteiger charge is -2.46. The Kier molecular flexibility index (Phi) is 10.7. The zero-order valence-electron chi connectivity index (χ0n) is 38.3. The highest BCUT2D eigenvalue weighted by atomic mass is 15.2. The van der Waals surface area contributed by atoms with Crippen LogP contribution in [-0.2, 0) is 10.8 Å². The zero-order valence-corrected chi connectivity index (χ0v) is 38.3. The van der Waals surface area contributed by atoms with E-state index in [9.17, 15) is 0 Å². The summed E-state index contributed by atoms with van der Waals surface area (Å²) in [5.74, 6) is 0.108. The molecule has 1 nitrogen and oxygen atoms in total. The second-order valence-corrected chi connectivity index (χ2v) is 18.3. The second-order valence-electron chi connectivity index (χ2n) is 18.3. The highest BCUT2D eigenvalue weighted by Gasteiger charge is 2.56. The maximum absolute atomic E-state index is 4.56. The first-order chi connectivity index (χ1) is 32.6. The molecule has 322 valence electrons. The Bertz CT molecular complexity index is 3070. The van der Waals surface area contributed by atoms with Crippen molar-refractivity contribution in [3.63, 3.8) is 0 Å². The summed E-state index contributed by atoms with van der Waals surface area (Å²) in [6.07, 6.45) is 23.9. The molecule has 66 heavy (non-hydrogen) atoms. The topological polar surface area (TPSA) is 3.24 Å². The van der Waals surface area contributed by atoms with Crippen molar-refractivity contribution in [1.29, 1.82) is 0 Å². The van der Waals surface area contributed by atoms with Crippen molar-refractivity contribution >= 4 is 28.1 Å². The minimum atomic E-state index is -0.549. The fourth-order valence-corrected chi connectivity index (χ4v) is 12.7. The van der Waals surface area contributed by atoms with E-state index in [-0.39, 0.29) is 5.92 Å². The zero-order chi connectivity index (χ0) is 44.8. The molecule has 6 aromatic carbocycles. The standard InChI is InChI=1S/C65H57N/c1-5-9-24-45(7-3)46-36-38-50(39-37-46)66-51-40-41-54-52(8-4)57(33-10-6-2)65(60(54)44-51,49-29-18-13-19-30-49)59-35-23-21-32-56(59)62-61(66)43-42-55-53-31-20-22-34-58(53)64(63(55)62,47-25-14-11-15-26-47)48-27-16-12-17-28-48/h5,7-20,22,24-31,33-41,44,56H,1,4,6,21,23,32,42-43H2,2-3H3/b24-9-,33-10-,45-7+/t56-,65?/m1/s1. The Balaban J connectivity index is 1.30. The molecule has 0 N–H and O–H groups in total. The second kappa shape index (κ2) is 17.0. The van der Waals surface area contributed by atoms with Crippen LogP contribution in [0.2, 0.25) is 0 Å². The number of allylic oxidation sites excluding steroid dienone is 16. The van der Waals surface area contributed by atoms with E-state index in [0.717, 1.165) is 38.5 Å². The fourth-order valence-electron chi connectivity index (χ4n) is 12.7. The summed E-state index contributed by atoms with van der Waals surface area (Å²) < 4.78 is 0. The molecule has 0 radical (unpaired) electrons. The Morgan fingerprint density at radius 3 is 2.00 bits per heavy atom. The van der Waals surface area contributed by atoms with E-state index < -0.39 is 10.8 Å².